The molecule has 0 saturated carbocycles. The van der Waals surface area contributed by atoms with E-state index in [0.717, 1.165) is 14.6 Å². The molecule has 0 saturated heterocycles. The largest absolute Gasteiger partial charge is 0.305 e. The number of hydrogen-bond donors (Lipinski definition) is 2. The number of anilines is 1. The Labute approximate surface area is 115 Å². The Bertz CT molecular complexity index is 545. The molecule has 2 N–H and O–H groups in total. The number of halogens is 2. The van der Waals surface area contributed by atoms with Crippen molar-refractivity contribution in [2.75, 3.05) is 5.32 Å². The second kappa shape index (κ2) is 5.01. The van der Waals surface area contributed by atoms with E-state index in [1.165, 1.54) is 0 Å². The molecule has 4 nitrogen and oxygen atoms in total. The van der Waals surface area contributed by atoms with E-state index >= 15 is 0 Å². The lowest BCUT2D eigenvalue weighted by molar-refractivity contribution is 0.102. The summed E-state index contributed by atoms with van der Waals surface area (Å²) in [6, 6.07) is 7.14. The van der Waals surface area contributed by atoms with Gasteiger partial charge in [0, 0.05) is 26.3 Å². The van der Waals surface area contributed by atoms with Crippen molar-refractivity contribution in [3.8, 4) is 0 Å². The van der Waals surface area contributed by atoms with Gasteiger partial charge >= 0.3 is 0 Å². The number of nitrogens with zero attached hydrogens (tertiary/aromatic N) is 1. The topological polar surface area (TPSA) is 57.8 Å². The van der Waals surface area contributed by atoms with E-state index in [9.17, 15) is 4.79 Å². The minimum absolute atomic E-state index is 0.196. The number of aryl methyl sites for hydroxylation is 1. The molecule has 6 heteroatoms. The maximum atomic E-state index is 11.9. The van der Waals surface area contributed by atoms with Crippen LogP contribution in [0.3, 0.4) is 0 Å². The Balaban J connectivity index is 2.19. The van der Waals surface area contributed by atoms with Crippen LogP contribution in [0.1, 0.15) is 16.1 Å². The van der Waals surface area contributed by atoms with Gasteiger partial charge in [0.2, 0.25) is 0 Å². The van der Waals surface area contributed by atoms with Crippen molar-refractivity contribution in [1.82, 2.24) is 10.2 Å². The van der Waals surface area contributed by atoms with Crippen LogP contribution in [0.25, 0.3) is 0 Å². The maximum absolute atomic E-state index is 11.9. The second-order valence-electron chi connectivity index (χ2n) is 3.55. The zero-order valence-electron chi connectivity index (χ0n) is 8.92. The lowest BCUT2D eigenvalue weighted by Gasteiger charge is -2.03. The molecular weight excluding hydrogens is 350 g/mol. The molecule has 0 aliphatic rings. The van der Waals surface area contributed by atoms with Crippen molar-refractivity contribution in [3.63, 3.8) is 0 Å². The first-order chi connectivity index (χ1) is 8.04. The summed E-state index contributed by atoms with van der Waals surface area (Å²) < 4.78 is 1.69. The van der Waals surface area contributed by atoms with Crippen LogP contribution in [0, 0.1) is 6.92 Å². The summed E-state index contributed by atoms with van der Waals surface area (Å²) in [7, 11) is 0. The standard InChI is InChI=1S/C11H9Br2N3O/c1-6-2-10(16-15-6)14-11(17)7-3-8(12)5-9(13)4-7/h2-5H,1H3,(H2,14,15,16,17). The number of aromatic nitrogens is 2. The van der Waals surface area contributed by atoms with Crippen molar-refractivity contribution >= 4 is 43.6 Å². The molecule has 0 radical (unpaired) electrons. The average Bonchev–Trinajstić information content (AvgIpc) is 2.62. The third kappa shape index (κ3) is 3.17. The zero-order valence-corrected chi connectivity index (χ0v) is 12.1. The van der Waals surface area contributed by atoms with Crippen molar-refractivity contribution in [2.24, 2.45) is 0 Å². The fourth-order valence-electron chi connectivity index (χ4n) is 1.36. The molecule has 0 fully saturated rings. The Hall–Kier alpha value is -1.14. The van der Waals surface area contributed by atoms with Gasteiger partial charge in [0.15, 0.2) is 5.82 Å². The molecule has 1 amide bonds. The second-order valence-corrected chi connectivity index (χ2v) is 5.38. The van der Waals surface area contributed by atoms with E-state index in [4.69, 9.17) is 0 Å². The van der Waals surface area contributed by atoms with Crippen molar-refractivity contribution in [3.05, 3.63) is 44.5 Å². The first-order valence-electron chi connectivity index (χ1n) is 4.84. The number of H-pyrrole nitrogens is 1. The van der Waals surface area contributed by atoms with Crippen LogP contribution >= 0.6 is 31.9 Å². The molecule has 2 aromatic rings. The predicted molar refractivity (Wildman–Crippen MR) is 73.1 cm³/mol. The molecule has 0 aliphatic heterocycles. The molecule has 17 heavy (non-hydrogen) atoms. The summed E-state index contributed by atoms with van der Waals surface area (Å²) in [5, 5.41) is 9.42. The fraction of sp³-hybridized carbons (Fsp3) is 0.0909. The minimum Gasteiger partial charge on any atom is -0.305 e. The number of benzene rings is 1. The molecule has 0 aliphatic carbocycles. The number of nitrogens with one attached hydrogen (secondary N) is 2. The average molecular weight is 359 g/mol. The molecule has 2 rings (SSSR count). The number of carbonyl (C=O) groups excluding carboxylic acids is 1. The van der Waals surface area contributed by atoms with Gasteiger partial charge in [-0.1, -0.05) is 31.9 Å². The molecule has 0 atom stereocenters. The maximum Gasteiger partial charge on any atom is 0.256 e. The fourth-order valence-corrected chi connectivity index (χ4v) is 2.65. The van der Waals surface area contributed by atoms with E-state index in [-0.39, 0.29) is 5.91 Å². The Morgan fingerprint density at radius 3 is 2.41 bits per heavy atom. The molecule has 1 aromatic carbocycles. The van der Waals surface area contributed by atoms with Crippen molar-refractivity contribution in [2.45, 2.75) is 6.92 Å². The molecule has 88 valence electrons. The monoisotopic (exact) mass is 357 g/mol. The number of hydrogen-bond acceptors (Lipinski definition) is 2. The predicted octanol–water partition coefficient (Wildman–Crippen LogP) is 3.50. The highest BCUT2D eigenvalue weighted by Crippen LogP contribution is 2.20. The third-order valence-corrected chi connectivity index (χ3v) is 2.99. The van der Waals surface area contributed by atoms with Crippen LogP contribution in [0.2, 0.25) is 0 Å². The van der Waals surface area contributed by atoms with Gasteiger partial charge in [0.25, 0.3) is 5.91 Å². The van der Waals surface area contributed by atoms with Gasteiger partial charge in [-0.15, -0.1) is 0 Å². The van der Waals surface area contributed by atoms with Crippen LogP contribution in [0.5, 0.6) is 0 Å². The smallest absolute Gasteiger partial charge is 0.256 e. The van der Waals surface area contributed by atoms with Crippen molar-refractivity contribution < 1.29 is 4.79 Å². The first kappa shape index (κ1) is 12.3. The van der Waals surface area contributed by atoms with E-state index in [2.05, 4.69) is 47.4 Å². The highest BCUT2D eigenvalue weighted by atomic mass is 79.9. The summed E-state index contributed by atoms with van der Waals surface area (Å²) in [5.74, 6) is 0.321. The summed E-state index contributed by atoms with van der Waals surface area (Å²) in [6.07, 6.45) is 0. The highest BCUT2D eigenvalue weighted by Gasteiger charge is 2.09. The molecule has 0 spiro atoms. The van der Waals surface area contributed by atoms with E-state index < -0.39 is 0 Å². The van der Waals surface area contributed by atoms with Crippen LogP contribution < -0.4 is 5.32 Å². The van der Waals surface area contributed by atoms with Crippen LogP contribution in [-0.4, -0.2) is 16.1 Å². The number of aromatic amines is 1. The Kier molecular flexibility index (Phi) is 3.63. The van der Waals surface area contributed by atoms with Gasteiger partial charge in [0.1, 0.15) is 0 Å². The minimum atomic E-state index is -0.196. The van der Waals surface area contributed by atoms with Gasteiger partial charge < -0.3 is 5.32 Å². The highest BCUT2D eigenvalue weighted by molar-refractivity contribution is 9.11. The quantitative estimate of drug-likeness (QED) is 0.863. The van der Waals surface area contributed by atoms with E-state index in [0.29, 0.717) is 11.4 Å². The SMILES string of the molecule is Cc1cc(NC(=O)c2cc(Br)cc(Br)c2)n[nH]1. The first-order valence-corrected chi connectivity index (χ1v) is 6.42. The van der Waals surface area contributed by atoms with Gasteiger partial charge in [-0.05, 0) is 25.1 Å². The molecule has 0 unspecified atom stereocenters. The number of amides is 1. The Morgan fingerprint density at radius 2 is 1.88 bits per heavy atom. The summed E-state index contributed by atoms with van der Waals surface area (Å²) in [6.45, 7) is 1.87. The summed E-state index contributed by atoms with van der Waals surface area (Å²) >= 11 is 6.68. The number of carbonyl (C=O) groups is 1. The van der Waals surface area contributed by atoms with Gasteiger partial charge in [-0.2, -0.15) is 5.10 Å². The molecule has 1 heterocycles. The van der Waals surface area contributed by atoms with Crippen molar-refractivity contribution in [1.29, 1.82) is 0 Å². The number of rotatable bonds is 2. The van der Waals surface area contributed by atoms with Crippen LogP contribution in [-0.2, 0) is 0 Å². The molecule has 0 bridgehead atoms. The van der Waals surface area contributed by atoms with Gasteiger partial charge in [0.05, 0.1) is 0 Å². The third-order valence-electron chi connectivity index (χ3n) is 2.07. The summed E-state index contributed by atoms with van der Waals surface area (Å²) in [4.78, 5) is 11.9. The molecule has 1 aromatic heterocycles. The van der Waals surface area contributed by atoms with E-state index in [1.807, 2.05) is 13.0 Å². The van der Waals surface area contributed by atoms with Crippen LogP contribution in [0.15, 0.2) is 33.2 Å². The zero-order chi connectivity index (χ0) is 12.4. The van der Waals surface area contributed by atoms with Crippen LogP contribution in [0.4, 0.5) is 5.82 Å². The van der Waals surface area contributed by atoms with Gasteiger partial charge in [-0.25, -0.2) is 0 Å². The van der Waals surface area contributed by atoms with Gasteiger partial charge in [-0.3, -0.25) is 9.89 Å². The Morgan fingerprint density at radius 1 is 1.24 bits per heavy atom. The lowest BCUT2D eigenvalue weighted by atomic mass is 10.2. The summed E-state index contributed by atoms with van der Waals surface area (Å²) in [5.41, 5.74) is 1.46. The lowest BCUT2D eigenvalue weighted by Crippen LogP contribution is -2.12. The van der Waals surface area contributed by atoms with E-state index in [1.54, 1.807) is 18.2 Å². The molecular formula is C11H9Br2N3O. The normalized spacial score (nSPS) is 10.3.